The van der Waals surface area contributed by atoms with Crippen LogP contribution >= 0.6 is 24.4 Å². The van der Waals surface area contributed by atoms with Crippen molar-refractivity contribution in [3.05, 3.63) is 0 Å². The first-order chi connectivity index (χ1) is 4.50. The predicted molar refractivity (Wildman–Crippen MR) is 46.5 cm³/mol. The number of thiol groups is 1. The third-order valence-corrected chi connectivity index (χ3v) is 2.53. The van der Waals surface area contributed by atoms with Gasteiger partial charge in [-0.2, -0.15) is 11.8 Å². The Labute approximate surface area is 69.8 Å². The largest absolute Gasteiger partial charge is 0.479 e. The second kappa shape index (κ2) is 4.10. The summed E-state index contributed by atoms with van der Waals surface area (Å²) >= 11 is 5.23. The van der Waals surface area contributed by atoms with Crippen LogP contribution in [0.15, 0.2) is 0 Å². The van der Waals surface area contributed by atoms with Crippen molar-refractivity contribution >= 4 is 30.4 Å². The lowest BCUT2D eigenvalue weighted by molar-refractivity contribution is -0.139. The van der Waals surface area contributed by atoms with Crippen molar-refractivity contribution in [3.8, 4) is 0 Å². The first kappa shape index (κ1) is 10.1. The van der Waals surface area contributed by atoms with Gasteiger partial charge >= 0.3 is 5.97 Å². The Morgan fingerprint density at radius 2 is 2.40 bits per heavy atom. The summed E-state index contributed by atoms with van der Waals surface area (Å²) in [6.07, 6.45) is 0. The molecule has 0 radical (unpaired) electrons. The standard InChI is InChI=1S/C5H11NO2S2/c1-2-10-3-5(6,9)4(7)8/h9H,2-3,6H2,1H3,(H,7,8). The van der Waals surface area contributed by atoms with Gasteiger partial charge in [-0.05, 0) is 5.75 Å². The lowest BCUT2D eigenvalue weighted by Crippen LogP contribution is -2.44. The van der Waals surface area contributed by atoms with E-state index < -0.39 is 10.8 Å². The summed E-state index contributed by atoms with van der Waals surface area (Å²) in [5.74, 6) is 0.117. The molecule has 3 nitrogen and oxygen atoms in total. The van der Waals surface area contributed by atoms with Crippen molar-refractivity contribution in [1.29, 1.82) is 0 Å². The predicted octanol–water partition coefficient (Wildman–Crippen LogP) is 0.409. The minimum Gasteiger partial charge on any atom is -0.479 e. The van der Waals surface area contributed by atoms with Gasteiger partial charge in [-0.25, -0.2) is 4.79 Å². The molecular weight excluding hydrogens is 170 g/mol. The van der Waals surface area contributed by atoms with Gasteiger partial charge in [-0.3, -0.25) is 0 Å². The molecule has 0 aromatic heterocycles. The van der Waals surface area contributed by atoms with Crippen LogP contribution in [0.2, 0.25) is 0 Å². The lowest BCUT2D eigenvalue weighted by Gasteiger charge is -2.16. The van der Waals surface area contributed by atoms with Crippen LogP contribution in [0.4, 0.5) is 0 Å². The number of hydrogen-bond acceptors (Lipinski definition) is 4. The van der Waals surface area contributed by atoms with Crippen LogP contribution in [-0.2, 0) is 4.79 Å². The van der Waals surface area contributed by atoms with E-state index in [1.54, 1.807) is 0 Å². The van der Waals surface area contributed by atoms with E-state index in [0.717, 1.165) is 5.75 Å². The molecule has 0 saturated heterocycles. The maximum atomic E-state index is 10.3. The molecule has 0 heterocycles. The molecule has 0 aliphatic rings. The van der Waals surface area contributed by atoms with Crippen LogP contribution in [-0.4, -0.2) is 27.5 Å². The normalized spacial score (nSPS) is 16.3. The molecule has 0 aliphatic heterocycles. The molecule has 10 heavy (non-hydrogen) atoms. The third-order valence-electron chi connectivity index (χ3n) is 0.897. The average molecular weight is 181 g/mol. The minimum absolute atomic E-state index is 0.335. The van der Waals surface area contributed by atoms with Crippen molar-refractivity contribution in [2.75, 3.05) is 11.5 Å². The van der Waals surface area contributed by atoms with Crippen molar-refractivity contribution in [2.45, 2.75) is 11.8 Å². The molecule has 0 amide bonds. The van der Waals surface area contributed by atoms with Gasteiger partial charge in [0, 0.05) is 5.75 Å². The van der Waals surface area contributed by atoms with Crippen LogP contribution in [0, 0.1) is 0 Å². The van der Waals surface area contributed by atoms with E-state index in [4.69, 9.17) is 10.8 Å². The highest BCUT2D eigenvalue weighted by molar-refractivity contribution is 8.00. The first-order valence-corrected chi connectivity index (χ1v) is 4.43. The molecule has 0 bridgehead atoms. The molecule has 3 N–H and O–H groups in total. The van der Waals surface area contributed by atoms with E-state index in [2.05, 4.69) is 12.6 Å². The van der Waals surface area contributed by atoms with Crippen LogP contribution in [0.25, 0.3) is 0 Å². The number of rotatable bonds is 4. The SMILES string of the molecule is CCSCC(N)(S)C(=O)O. The Morgan fingerprint density at radius 3 is 2.70 bits per heavy atom. The summed E-state index contributed by atoms with van der Waals surface area (Å²) < 4.78 is 0. The molecule has 1 unspecified atom stereocenters. The Bertz CT molecular complexity index is 127. The summed E-state index contributed by atoms with van der Waals surface area (Å²) in [5.41, 5.74) is 5.29. The zero-order valence-corrected chi connectivity index (χ0v) is 7.41. The Hall–Kier alpha value is 0.130. The van der Waals surface area contributed by atoms with Gasteiger partial charge in [0.2, 0.25) is 0 Å². The van der Waals surface area contributed by atoms with E-state index in [1.807, 2.05) is 6.92 Å². The lowest BCUT2D eigenvalue weighted by atomic mass is 10.4. The maximum Gasteiger partial charge on any atom is 0.334 e. The molecule has 0 rings (SSSR count). The van der Waals surface area contributed by atoms with Gasteiger partial charge in [0.15, 0.2) is 4.87 Å². The quantitative estimate of drug-likeness (QED) is 0.434. The highest BCUT2D eigenvalue weighted by Crippen LogP contribution is 2.14. The number of hydrogen-bond donors (Lipinski definition) is 3. The zero-order chi connectivity index (χ0) is 8.20. The van der Waals surface area contributed by atoms with Gasteiger partial charge in [-0.1, -0.05) is 6.92 Å². The van der Waals surface area contributed by atoms with E-state index in [0.29, 0.717) is 5.75 Å². The van der Waals surface area contributed by atoms with Gasteiger partial charge in [-0.15, -0.1) is 12.6 Å². The summed E-state index contributed by atoms with van der Waals surface area (Å²) in [4.78, 5) is 8.94. The van der Waals surface area contributed by atoms with Gasteiger partial charge in [0.1, 0.15) is 0 Å². The van der Waals surface area contributed by atoms with Crippen molar-refractivity contribution < 1.29 is 9.90 Å². The van der Waals surface area contributed by atoms with Crippen molar-refractivity contribution in [1.82, 2.24) is 0 Å². The molecule has 0 aromatic rings. The molecular formula is C5H11NO2S2. The van der Waals surface area contributed by atoms with E-state index in [-0.39, 0.29) is 0 Å². The molecule has 60 valence electrons. The molecule has 0 fully saturated rings. The average Bonchev–Trinajstić information content (AvgIpc) is 1.84. The Morgan fingerprint density at radius 1 is 1.90 bits per heavy atom. The first-order valence-electron chi connectivity index (χ1n) is 2.83. The number of aliphatic carboxylic acids is 1. The smallest absolute Gasteiger partial charge is 0.334 e. The molecule has 1 atom stereocenters. The second-order valence-electron chi connectivity index (χ2n) is 1.87. The number of thioether (sulfide) groups is 1. The Kier molecular flexibility index (Phi) is 4.15. The fourth-order valence-corrected chi connectivity index (χ4v) is 1.23. The third kappa shape index (κ3) is 3.34. The molecule has 0 saturated carbocycles. The van der Waals surface area contributed by atoms with Crippen molar-refractivity contribution in [2.24, 2.45) is 5.73 Å². The topological polar surface area (TPSA) is 63.3 Å². The van der Waals surface area contributed by atoms with Gasteiger partial charge in [0.25, 0.3) is 0 Å². The molecule has 0 aromatic carbocycles. The van der Waals surface area contributed by atoms with E-state index in [1.165, 1.54) is 11.8 Å². The number of carboxylic acids is 1. The second-order valence-corrected chi connectivity index (χ2v) is 3.94. The van der Waals surface area contributed by atoms with E-state index >= 15 is 0 Å². The highest BCUT2D eigenvalue weighted by Gasteiger charge is 2.28. The van der Waals surface area contributed by atoms with Crippen LogP contribution in [0.5, 0.6) is 0 Å². The summed E-state index contributed by atoms with van der Waals surface area (Å²) in [5, 5.41) is 8.45. The highest BCUT2D eigenvalue weighted by atomic mass is 32.2. The molecule has 5 heteroatoms. The monoisotopic (exact) mass is 181 g/mol. The fraction of sp³-hybridized carbons (Fsp3) is 0.800. The summed E-state index contributed by atoms with van der Waals surface area (Å²) in [7, 11) is 0. The number of carbonyl (C=O) groups is 1. The fourth-order valence-electron chi connectivity index (χ4n) is 0.319. The van der Waals surface area contributed by atoms with Gasteiger partial charge < -0.3 is 10.8 Å². The van der Waals surface area contributed by atoms with Crippen LogP contribution < -0.4 is 5.73 Å². The van der Waals surface area contributed by atoms with Gasteiger partial charge in [0.05, 0.1) is 0 Å². The summed E-state index contributed by atoms with van der Waals surface area (Å²) in [6, 6.07) is 0. The van der Waals surface area contributed by atoms with E-state index in [9.17, 15) is 4.79 Å². The zero-order valence-electron chi connectivity index (χ0n) is 5.70. The summed E-state index contributed by atoms with van der Waals surface area (Å²) in [6.45, 7) is 1.94. The maximum absolute atomic E-state index is 10.3. The van der Waals surface area contributed by atoms with Crippen LogP contribution in [0.1, 0.15) is 6.92 Å². The minimum atomic E-state index is -1.37. The molecule has 0 spiro atoms. The molecule has 0 aliphatic carbocycles. The Balaban J connectivity index is 3.75. The number of nitrogens with two attached hydrogens (primary N) is 1. The number of carboxylic acid groups (broad SMARTS) is 1. The van der Waals surface area contributed by atoms with Crippen LogP contribution in [0.3, 0.4) is 0 Å². The van der Waals surface area contributed by atoms with Crippen molar-refractivity contribution in [3.63, 3.8) is 0 Å².